The summed E-state index contributed by atoms with van der Waals surface area (Å²) in [7, 11) is 3.48. The van der Waals surface area contributed by atoms with Gasteiger partial charge in [0.15, 0.2) is 5.65 Å². The van der Waals surface area contributed by atoms with Crippen LogP contribution in [0.15, 0.2) is 0 Å². The third-order valence-corrected chi connectivity index (χ3v) is 4.98. The number of nitrogens with zero attached hydrogens (tertiary/aromatic N) is 3. The number of hydrogen-bond acceptors (Lipinski definition) is 5. The van der Waals surface area contributed by atoms with Crippen LogP contribution in [0, 0.1) is 13.8 Å². The molecule has 1 aliphatic heterocycles. The van der Waals surface area contributed by atoms with Crippen LogP contribution in [0.4, 0.5) is 0 Å². The molecule has 27 heavy (non-hydrogen) atoms. The molecule has 3 heterocycles. The van der Waals surface area contributed by atoms with Gasteiger partial charge in [-0.15, -0.1) is 29.9 Å². The molecular formula is C18H29Cl2N5O2. The quantitative estimate of drug-likeness (QED) is 0.779. The number of hydrogen-bond donors (Lipinski definition) is 2. The third kappa shape index (κ3) is 5.03. The number of ether oxygens (including phenoxy) is 1. The van der Waals surface area contributed by atoms with Gasteiger partial charge in [-0.05, 0) is 50.8 Å². The summed E-state index contributed by atoms with van der Waals surface area (Å²) < 4.78 is 7.13. The first kappa shape index (κ1) is 23.5. The van der Waals surface area contributed by atoms with Crippen molar-refractivity contribution in [2.24, 2.45) is 7.05 Å². The maximum atomic E-state index is 12.3. The average Bonchev–Trinajstić information content (AvgIpc) is 2.91. The van der Waals surface area contributed by atoms with Crippen LogP contribution in [0.1, 0.15) is 36.1 Å². The topological polar surface area (TPSA) is 81.1 Å². The van der Waals surface area contributed by atoms with E-state index in [1.54, 1.807) is 11.8 Å². The molecular weight excluding hydrogens is 389 g/mol. The third-order valence-electron chi connectivity index (χ3n) is 4.98. The van der Waals surface area contributed by atoms with Gasteiger partial charge in [0.2, 0.25) is 11.8 Å². The number of rotatable bonds is 5. The van der Waals surface area contributed by atoms with Crippen molar-refractivity contribution in [3.05, 3.63) is 16.8 Å². The van der Waals surface area contributed by atoms with Crippen LogP contribution >= 0.6 is 24.8 Å². The molecule has 1 aliphatic rings. The zero-order valence-electron chi connectivity index (χ0n) is 16.3. The fourth-order valence-corrected chi connectivity index (χ4v) is 3.62. The molecule has 0 bridgehead atoms. The summed E-state index contributed by atoms with van der Waals surface area (Å²) in [5.74, 6) is 0.687. The number of nitrogens with one attached hydrogen (secondary N) is 2. The van der Waals surface area contributed by atoms with E-state index in [-0.39, 0.29) is 36.8 Å². The van der Waals surface area contributed by atoms with Gasteiger partial charge in [0.05, 0.1) is 12.5 Å². The fourth-order valence-electron chi connectivity index (χ4n) is 3.62. The molecule has 0 radical (unpaired) electrons. The number of aryl methyl sites for hydroxylation is 3. The minimum atomic E-state index is 0. The largest absolute Gasteiger partial charge is 0.479 e. The molecule has 3 rings (SSSR count). The predicted octanol–water partition coefficient (Wildman–Crippen LogP) is 2.24. The molecule has 152 valence electrons. The van der Waals surface area contributed by atoms with Gasteiger partial charge >= 0.3 is 0 Å². The Kier molecular flexibility index (Phi) is 8.78. The molecule has 1 amide bonds. The van der Waals surface area contributed by atoms with Gasteiger partial charge in [-0.3, -0.25) is 4.79 Å². The number of carbonyl (C=O) groups excluding carboxylic acids is 1. The van der Waals surface area contributed by atoms with Gasteiger partial charge in [0, 0.05) is 31.7 Å². The Morgan fingerprint density at radius 1 is 1.37 bits per heavy atom. The second kappa shape index (κ2) is 10.1. The maximum Gasteiger partial charge on any atom is 0.242 e. The van der Waals surface area contributed by atoms with E-state index in [1.807, 2.05) is 14.0 Å². The highest BCUT2D eigenvalue weighted by Crippen LogP contribution is 2.30. The van der Waals surface area contributed by atoms with Gasteiger partial charge in [-0.2, -0.15) is 0 Å². The molecule has 0 aliphatic carbocycles. The number of methoxy groups -OCH3 is 1. The standard InChI is InChI=1S/C18H27N5O2.2ClH/c1-11-14(7-8-15(24)21-13-6-5-9-19-10-13)12(2)20-17-16(11)18(25-4)22-23(17)3;;/h13,19H,5-10H2,1-4H3,(H,21,24);2*1H. The number of piperidine rings is 1. The first-order valence-electron chi connectivity index (χ1n) is 8.88. The van der Waals surface area contributed by atoms with E-state index in [1.165, 1.54) is 0 Å². The van der Waals surface area contributed by atoms with Crippen molar-refractivity contribution >= 4 is 41.8 Å². The summed E-state index contributed by atoms with van der Waals surface area (Å²) in [6, 6.07) is 0.252. The zero-order chi connectivity index (χ0) is 18.0. The second-order valence-corrected chi connectivity index (χ2v) is 6.74. The van der Waals surface area contributed by atoms with Gasteiger partial charge < -0.3 is 15.4 Å². The molecule has 0 aromatic carbocycles. The van der Waals surface area contributed by atoms with Gasteiger partial charge in [-0.1, -0.05) is 0 Å². The molecule has 7 nitrogen and oxygen atoms in total. The predicted molar refractivity (Wildman–Crippen MR) is 111 cm³/mol. The lowest BCUT2D eigenvalue weighted by Crippen LogP contribution is -2.45. The minimum absolute atomic E-state index is 0. The van der Waals surface area contributed by atoms with Crippen molar-refractivity contribution in [2.45, 2.75) is 45.6 Å². The average molecular weight is 418 g/mol. The molecule has 0 saturated carbocycles. The van der Waals surface area contributed by atoms with Crippen molar-refractivity contribution in [1.29, 1.82) is 0 Å². The maximum absolute atomic E-state index is 12.3. The Morgan fingerprint density at radius 2 is 2.11 bits per heavy atom. The molecule has 1 fully saturated rings. The summed E-state index contributed by atoms with van der Waals surface area (Å²) in [5, 5.41) is 11.8. The Balaban J connectivity index is 0.00000182. The van der Waals surface area contributed by atoms with Crippen molar-refractivity contribution in [2.75, 3.05) is 20.2 Å². The van der Waals surface area contributed by atoms with E-state index < -0.39 is 0 Å². The molecule has 2 aromatic heterocycles. The first-order chi connectivity index (χ1) is 12.0. The number of halogens is 2. The summed E-state index contributed by atoms with van der Waals surface area (Å²) in [4.78, 5) is 17.0. The normalized spacial score (nSPS) is 16.4. The number of aromatic nitrogens is 3. The molecule has 2 aromatic rings. The van der Waals surface area contributed by atoms with Gasteiger partial charge in [-0.25, -0.2) is 9.67 Å². The van der Waals surface area contributed by atoms with E-state index in [4.69, 9.17) is 4.74 Å². The summed E-state index contributed by atoms with van der Waals surface area (Å²) in [6.45, 7) is 5.96. The Hall–Kier alpha value is -1.57. The number of amides is 1. The van der Waals surface area contributed by atoms with Crippen molar-refractivity contribution in [1.82, 2.24) is 25.4 Å². The smallest absolute Gasteiger partial charge is 0.242 e. The van der Waals surface area contributed by atoms with Crippen molar-refractivity contribution < 1.29 is 9.53 Å². The Labute approximate surface area is 172 Å². The molecule has 1 atom stereocenters. The van der Waals surface area contributed by atoms with E-state index >= 15 is 0 Å². The molecule has 9 heteroatoms. The highest BCUT2D eigenvalue weighted by molar-refractivity contribution is 5.86. The lowest BCUT2D eigenvalue weighted by Gasteiger charge is -2.23. The van der Waals surface area contributed by atoms with Crippen LogP contribution in [-0.2, 0) is 18.3 Å². The summed E-state index contributed by atoms with van der Waals surface area (Å²) in [5.41, 5.74) is 3.96. The van der Waals surface area contributed by atoms with Crippen LogP contribution < -0.4 is 15.4 Å². The number of pyridine rings is 1. The molecule has 0 spiro atoms. The van der Waals surface area contributed by atoms with E-state index in [0.717, 1.165) is 53.8 Å². The Morgan fingerprint density at radius 3 is 2.74 bits per heavy atom. The van der Waals surface area contributed by atoms with Crippen LogP contribution in [0.25, 0.3) is 11.0 Å². The monoisotopic (exact) mass is 417 g/mol. The number of carbonyl (C=O) groups is 1. The zero-order valence-corrected chi connectivity index (χ0v) is 17.9. The van der Waals surface area contributed by atoms with Crippen molar-refractivity contribution in [3.8, 4) is 5.88 Å². The number of fused-ring (bicyclic) bond motifs is 1. The van der Waals surface area contributed by atoms with E-state index in [2.05, 4.69) is 27.6 Å². The Bertz CT molecular complexity index is 788. The SMILES string of the molecule is COc1nn(C)c2nc(C)c(CCC(=O)NC3CCCNC3)c(C)c12.Cl.Cl. The van der Waals surface area contributed by atoms with Gasteiger partial charge in [0.1, 0.15) is 0 Å². The van der Waals surface area contributed by atoms with Crippen molar-refractivity contribution in [3.63, 3.8) is 0 Å². The van der Waals surface area contributed by atoms with Crippen LogP contribution in [0.3, 0.4) is 0 Å². The second-order valence-electron chi connectivity index (χ2n) is 6.74. The molecule has 1 unspecified atom stereocenters. The first-order valence-corrected chi connectivity index (χ1v) is 8.88. The lowest BCUT2D eigenvalue weighted by atomic mass is 9.99. The summed E-state index contributed by atoms with van der Waals surface area (Å²) >= 11 is 0. The van der Waals surface area contributed by atoms with Crippen LogP contribution in [0.2, 0.25) is 0 Å². The van der Waals surface area contributed by atoms with E-state index in [9.17, 15) is 4.79 Å². The highest BCUT2D eigenvalue weighted by Gasteiger charge is 2.19. The van der Waals surface area contributed by atoms with Gasteiger partial charge in [0.25, 0.3) is 0 Å². The molecule has 1 saturated heterocycles. The van der Waals surface area contributed by atoms with E-state index in [0.29, 0.717) is 18.7 Å². The van der Waals surface area contributed by atoms with Crippen LogP contribution in [0.5, 0.6) is 5.88 Å². The lowest BCUT2D eigenvalue weighted by molar-refractivity contribution is -0.121. The summed E-state index contributed by atoms with van der Waals surface area (Å²) in [6.07, 6.45) is 3.31. The highest BCUT2D eigenvalue weighted by atomic mass is 35.5. The fraction of sp³-hybridized carbons (Fsp3) is 0.611. The molecule has 2 N–H and O–H groups in total. The minimum Gasteiger partial charge on any atom is -0.479 e. The van der Waals surface area contributed by atoms with Crippen LogP contribution in [-0.4, -0.2) is 46.9 Å².